The van der Waals surface area contributed by atoms with Gasteiger partial charge in [0.15, 0.2) is 5.96 Å². The number of guanidine groups is 1. The molecule has 0 saturated carbocycles. The number of hydrogen-bond donors (Lipinski definition) is 3. The van der Waals surface area contributed by atoms with Crippen LogP contribution in [-0.4, -0.2) is 32.0 Å². The van der Waals surface area contributed by atoms with Crippen molar-refractivity contribution in [1.82, 2.24) is 16.0 Å². The molecule has 2 aromatic carbocycles. The van der Waals surface area contributed by atoms with Crippen molar-refractivity contribution in [3.8, 4) is 0 Å². The predicted octanol–water partition coefficient (Wildman–Crippen LogP) is 2.80. The summed E-state index contributed by atoms with van der Waals surface area (Å²) in [5, 5.41) is 8.84. The van der Waals surface area contributed by atoms with E-state index in [0.29, 0.717) is 25.6 Å². The molecule has 0 atom stereocenters. The average Bonchev–Trinajstić information content (AvgIpc) is 2.67. The third-order valence-corrected chi connectivity index (χ3v) is 3.70. The van der Waals surface area contributed by atoms with Gasteiger partial charge in [-0.3, -0.25) is 9.79 Å². The number of carbonyl (C=O) groups excluding carboxylic acids is 1. The van der Waals surface area contributed by atoms with E-state index in [2.05, 4.69) is 20.9 Å². The zero-order chi connectivity index (χ0) is 19.7. The second-order valence-electron chi connectivity index (χ2n) is 5.67. The van der Waals surface area contributed by atoms with E-state index in [0.717, 1.165) is 29.8 Å². The lowest BCUT2D eigenvalue weighted by molar-refractivity contribution is -0.137. The highest BCUT2D eigenvalue weighted by atomic mass is 19.4. The quantitative estimate of drug-likeness (QED) is 0.411. The number of halogens is 3. The van der Waals surface area contributed by atoms with Gasteiger partial charge in [-0.1, -0.05) is 30.3 Å². The molecule has 2 rings (SSSR count). The fraction of sp³-hybridized carbons (Fsp3) is 0.263. The lowest BCUT2D eigenvalue weighted by Gasteiger charge is -2.12. The number of alkyl halides is 3. The van der Waals surface area contributed by atoms with Crippen LogP contribution in [0, 0.1) is 0 Å². The Kier molecular flexibility index (Phi) is 7.22. The number of rotatable bonds is 6. The van der Waals surface area contributed by atoms with Crippen LogP contribution in [0.1, 0.15) is 21.5 Å². The Labute approximate surface area is 155 Å². The summed E-state index contributed by atoms with van der Waals surface area (Å²) in [5.41, 5.74) is 0.500. The SMILES string of the molecule is CN=C(NCCNC(=O)c1ccc(C(F)(F)F)cc1)NCc1ccccc1. The van der Waals surface area contributed by atoms with Crippen LogP contribution in [0.5, 0.6) is 0 Å². The summed E-state index contributed by atoms with van der Waals surface area (Å²) in [6.45, 7) is 1.32. The van der Waals surface area contributed by atoms with E-state index < -0.39 is 17.6 Å². The molecule has 0 radical (unpaired) electrons. The topological polar surface area (TPSA) is 65.5 Å². The highest BCUT2D eigenvalue weighted by molar-refractivity contribution is 5.94. The van der Waals surface area contributed by atoms with Crippen molar-refractivity contribution >= 4 is 11.9 Å². The van der Waals surface area contributed by atoms with Gasteiger partial charge in [-0.25, -0.2) is 0 Å². The summed E-state index contributed by atoms with van der Waals surface area (Å²) >= 11 is 0. The van der Waals surface area contributed by atoms with Crippen molar-refractivity contribution in [2.75, 3.05) is 20.1 Å². The molecule has 0 aromatic heterocycles. The monoisotopic (exact) mass is 378 g/mol. The van der Waals surface area contributed by atoms with Gasteiger partial charge < -0.3 is 16.0 Å². The number of nitrogens with one attached hydrogen (secondary N) is 3. The summed E-state index contributed by atoms with van der Waals surface area (Å²) < 4.78 is 37.6. The fourth-order valence-corrected chi connectivity index (χ4v) is 2.27. The zero-order valence-corrected chi connectivity index (χ0v) is 14.8. The molecule has 0 spiro atoms. The Balaban J connectivity index is 1.72. The van der Waals surface area contributed by atoms with Crippen LogP contribution in [-0.2, 0) is 12.7 Å². The van der Waals surface area contributed by atoms with Crippen molar-refractivity contribution in [3.05, 3.63) is 71.3 Å². The van der Waals surface area contributed by atoms with Crippen LogP contribution in [0.2, 0.25) is 0 Å². The van der Waals surface area contributed by atoms with E-state index in [1.54, 1.807) is 7.05 Å². The Hall–Kier alpha value is -3.03. The van der Waals surface area contributed by atoms with Crippen molar-refractivity contribution in [3.63, 3.8) is 0 Å². The molecule has 0 unspecified atom stereocenters. The zero-order valence-electron chi connectivity index (χ0n) is 14.8. The third kappa shape index (κ3) is 6.65. The number of amides is 1. The van der Waals surface area contributed by atoms with Gasteiger partial charge in [0.25, 0.3) is 5.91 Å². The van der Waals surface area contributed by atoms with Gasteiger partial charge in [-0.15, -0.1) is 0 Å². The Bertz CT molecular complexity index is 759. The van der Waals surface area contributed by atoms with E-state index in [1.807, 2.05) is 30.3 Å². The molecule has 0 heterocycles. The lowest BCUT2D eigenvalue weighted by atomic mass is 10.1. The third-order valence-electron chi connectivity index (χ3n) is 3.70. The van der Waals surface area contributed by atoms with Crippen LogP contribution in [0.25, 0.3) is 0 Å². The smallest absolute Gasteiger partial charge is 0.355 e. The normalized spacial score (nSPS) is 11.8. The molecule has 0 saturated heterocycles. The maximum absolute atomic E-state index is 12.5. The number of benzene rings is 2. The minimum Gasteiger partial charge on any atom is -0.355 e. The predicted molar refractivity (Wildman–Crippen MR) is 98.4 cm³/mol. The van der Waals surface area contributed by atoms with E-state index in [9.17, 15) is 18.0 Å². The van der Waals surface area contributed by atoms with Crippen LogP contribution >= 0.6 is 0 Å². The molecule has 0 aliphatic heterocycles. The van der Waals surface area contributed by atoms with Crippen LogP contribution in [0.15, 0.2) is 59.6 Å². The standard InChI is InChI=1S/C19H21F3N4O/c1-23-18(26-13-14-5-3-2-4-6-14)25-12-11-24-17(27)15-7-9-16(10-8-15)19(20,21)22/h2-10H,11-13H2,1H3,(H,24,27)(H2,23,25,26). The van der Waals surface area contributed by atoms with Crippen molar-refractivity contribution in [1.29, 1.82) is 0 Å². The Morgan fingerprint density at radius 3 is 2.15 bits per heavy atom. The molecule has 8 heteroatoms. The highest BCUT2D eigenvalue weighted by Crippen LogP contribution is 2.28. The number of carbonyl (C=O) groups is 1. The first-order valence-corrected chi connectivity index (χ1v) is 8.34. The average molecular weight is 378 g/mol. The summed E-state index contributed by atoms with van der Waals surface area (Å²) in [4.78, 5) is 16.1. The molecule has 3 N–H and O–H groups in total. The van der Waals surface area contributed by atoms with Crippen LogP contribution in [0.4, 0.5) is 13.2 Å². The first-order chi connectivity index (χ1) is 12.9. The molecule has 27 heavy (non-hydrogen) atoms. The van der Waals surface area contributed by atoms with Gasteiger partial charge >= 0.3 is 6.18 Å². The molecular weight excluding hydrogens is 357 g/mol. The molecule has 0 fully saturated rings. The summed E-state index contributed by atoms with van der Waals surface area (Å²) in [6.07, 6.45) is -4.42. The summed E-state index contributed by atoms with van der Waals surface area (Å²) in [6, 6.07) is 13.9. The molecule has 0 bridgehead atoms. The maximum atomic E-state index is 12.5. The van der Waals surface area contributed by atoms with E-state index >= 15 is 0 Å². The maximum Gasteiger partial charge on any atom is 0.416 e. The minimum absolute atomic E-state index is 0.176. The van der Waals surface area contributed by atoms with Gasteiger partial charge in [0.05, 0.1) is 5.56 Å². The van der Waals surface area contributed by atoms with Gasteiger partial charge in [0, 0.05) is 32.2 Å². The molecule has 1 amide bonds. The molecule has 5 nitrogen and oxygen atoms in total. The molecule has 144 valence electrons. The summed E-state index contributed by atoms with van der Waals surface area (Å²) in [7, 11) is 1.64. The molecule has 0 aliphatic carbocycles. The number of aliphatic imine (C=N–C) groups is 1. The van der Waals surface area contributed by atoms with E-state index in [-0.39, 0.29) is 5.56 Å². The van der Waals surface area contributed by atoms with Gasteiger partial charge in [0.1, 0.15) is 0 Å². The molecule has 0 aliphatic rings. The first kappa shape index (κ1) is 20.3. The Morgan fingerprint density at radius 2 is 1.56 bits per heavy atom. The minimum atomic E-state index is -4.42. The van der Waals surface area contributed by atoms with Gasteiger partial charge in [-0.05, 0) is 29.8 Å². The summed E-state index contributed by atoms with van der Waals surface area (Å²) in [5.74, 6) is 0.153. The molecule has 2 aromatic rings. The second kappa shape index (κ2) is 9.61. The largest absolute Gasteiger partial charge is 0.416 e. The van der Waals surface area contributed by atoms with Gasteiger partial charge in [0.2, 0.25) is 0 Å². The van der Waals surface area contributed by atoms with E-state index in [1.165, 1.54) is 0 Å². The number of hydrogen-bond acceptors (Lipinski definition) is 2. The van der Waals surface area contributed by atoms with Crippen LogP contribution in [0.3, 0.4) is 0 Å². The highest BCUT2D eigenvalue weighted by Gasteiger charge is 2.30. The van der Waals surface area contributed by atoms with E-state index in [4.69, 9.17) is 0 Å². The second-order valence-corrected chi connectivity index (χ2v) is 5.67. The van der Waals surface area contributed by atoms with Crippen molar-refractivity contribution in [2.45, 2.75) is 12.7 Å². The van der Waals surface area contributed by atoms with Gasteiger partial charge in [-0.2, -0.15) is 13.2 Å². The Morgan fingerprint density at radius 1 is 0.926 bits per heavy atom. The fourth-order valence-electron chi connectivity index (χ4n) is 2.27. The van der Waals surface area contributed by atoms with Crippen molar-refractivity contribution in [2.24, 2.45) is 4.99 Å². The van der Waals surface area contributed by atoms with Crippen molar-refractivity contribution < 1.29 is 18.0 Å². The molecular formula is C19H21F3N4O. The first-order valence-electron chi connectivity index (χ1n) is 8.34. The lowest BCUT2D eigenvalue weighted by Crippen LogP contribution is -2.41. The number of nitrogens with zero attached hydrogens (tertiary/aromatic N) is 1. The van der Waals surface area contributed by atoms with Crippen LogP contribution < -0.4 is 16.0 Å².